The van der Waals surface area contributed by atoms with Crippen LogP contribution in [0.2, 0.25) is 0 Å². The van der Waals surface area contributed by atoms with Gasteiger partial charge in [0, 0.05) is 5.56 Å². The first-order valence-corrected chi connectivity index (χ1v) is 7.73. The lowest BCUT2D eigenvalue weighted by atomic mass is 10.1. The van der Waals surface area contributed by atoms with Gasteiger partial charge in [-0.1, -0.05) is 12.1 Å². The zero-order valence-electron chi connectivity index (χ0n) is 15.6. The number of para-hydroxylation sites is 1. The molecular weight excluding hydrogens is 328 g/mol. The lowest BCUT2D eigenvalue weighted by molar-refractivity contribution is -0.384. The normalized spacial score (nSPS) is 11.6. The van der Waals surface area contributed by atoms with Crippen molar-refractivity contribution in [2.24, 2.45) is 0 Å². The van der Waals surface area contributed by atoms with Crippen molar-refractivity contribution in [3.63, 3.8) is 0 Å². The summed E-state index contributed by atoms with van der Waals surface area (Å²) < 4.78 is 10.5. The maximum absolute atomic E-state index is 12.6. The van der Waals surface area contributed by atoms with Crippen molar-refractivity contribution in [1.29, 1.82) is 0 Å². The van der Waals surface area contributed by atoms with Gasteiger partial charge in [-0.3, -0.25) is 10.1 Å². The summed E-state index contributed by atoms with van der Waals surface area (Å²) in [4.78, 5) is 36.5. The number of imide groups is 1. The molecule has 25 heavy (non-hydrogen) atoms. The highest BCUT2D eigenvalue weighted by Crippen LogP contribution is 2.33. The topological polar surface area (TPSA) is 99.0 Å². The molecule has 0 aliphatic heterocycles. The van der Waals surface area contributed by atoms with Crippen molar-refractivity contribution in [2.45, 2.75) is 59.7 Å². The largest absolute Gasteiger partial charge is 0.443 e. The molecule has 0 N–H and O–H groups in total. The first-order chi connectivity index (χ1) is 11.2. The first kappa shape index (κ1) is 20.4. The summed E-state index contributed by atoms with van der Waals surface area (Å²) in [6.07, 6.45) is -2.09. The van der Waals surface area contributed by atoms with E-state index in [-0.39, 0.29) is 11.4 Å². The number of rotatable bonds is 2. The predicted octanol–water partition coefficient (Wildman–Crippen LogP) is 4.58. The van der Waals surface area contributed by atoms with E-state index < -0.39 is 28.3 Å². The average molecular weight is 352 g/mol. The molecule has 0 aromatic heterocycles. The molecule has 1 rings (SSSR count). The van der Waals surface area contributed by atoms with Crippen molar-refractivity contribution < 1.29 is 24.0 Å². The Hall–Kier alpha value is -2.64. The maximum Gasteiger partial charge on any atom is 0.424 e. The average Bonchev–Trinajstić information content (AvgIpc) is 2.33. The second-order valence-electron chi connectivity index (χ2n) is 7.50. The lowest BCUT2D eigenvalue weighted by Crippen LogP contribution is -2.44. The summed E-state index contributed by atoms with van der Waals surface area (Å²) in [6, 6.07) is 4.34. The van der Waals surface area contributed by atoms with E-state index in [0.717, 1.165) is 0 Å². The number of anilines is 1. The molecule has 0 bridgehead atoms. The molecule has 1 aromatic carbocycles. The van der Waals surface area contributed by atoms with E-state index in [1.165, 1.54) is 25.1 Å². The van der Waals surface area contributed by atoms with Gasteiger partial charge in [-0.25, -0.2) is 9.59 Å². The maximum atomic E-state index is 12.6. The highest BCUT2D eigenvalue weighted by atomic mass is 16.6. The smallest absolute Gasteiger partial charge is 0.424 e. The number of nitro groups is 1. The number of aryl methyl sites for hydroxylation is 1. The number of carbonyl (C=O) groups is 2. The molecule has 0 aliphatic carbocycles. The van der Waals surface area contributed by atoms with Crippen molar-refractivity contribution in [3.05, 3.63) is 33.9 Å². The minimum atomic E-state index is -1.05. The van der Waals surface area contributed by atoms with Crippen LogP contribution in [0.25, 0.3) is 0 Å². The molecule has 1 aromatic rings. The van der Waals surface area contributed by atoms with Gasteiger partial charge in [0.2, 0.25) is 0 Å². The zero-order chi connectivity index (χ0) is 19.6. The molecule has 0 unspecified atom stereocenters. The monoisotopic (exact) mass is 352 g/mol. The Morgan fingerprint density at radius 3 is 1.80 bits per heavy atom. The number of amides is 2. The Balaban J connectivity index is 3.47. The summed E-state index contributed by atoms with van der Waals surface area (Å²) in [6.45, 7) is 11.3. The van der Waals surface area contributed by atoms with Crippen LogP contribution in [-0.2, 0) is 9.47 Å². The molecule has 0 heterocycles. The van der Waals surface area contributed by atoms with Gasteiger partial charge in [-0.05, 0) is 54.5 Å². The number of hydrogen-bond acceptors (Lipinski definition) is 6. The molecule has 0 radical (unpaired) electrons. The van der Waals surface area contributed by atoms with Crippen molar-refractivity contribution >= 4 is 23.6 Å². The van der Waals surface area contributed by atoms with E-state index in [1.54, 1.807) is 41.5 Å². The lowest BCUT2D eigenvalue weighted by Gasteiger charge is -2.28. The van der Waals surface area contributed by atoms with Gasteiger partial charge in [-0.2, -0.15) is 4.90 Å². The molecule has 0 saturated heterocycles. The third-order valence-electron chi connectivity index (χ3n) is 2.79. The van der Waals surface area contributed by atoms with Crippen LogP contribution < -0.4 is 4.90 Å². The SMILES string of the molecule is Cc1cccc(N(C(=O)OC(C)(C)C)C(=O)OC(C)(C)C)c1[N+](=O)[O-]. The molecule has 0 fully saturated rings. The van der Waals surface area contributed by atoms with Gasteiger partial charge in [0.15, 0.2) is 0 Å². The Morgan fingerprint density at radius 1 is 1.00 bits per heavy atom. The molecule has 8 nitrogen and oxygen atoms in total. The second kappa shape index (κ2) is 7.08. The molecule has 0 saturated carbocycles. The molecule has 2 amide bonds. The van der Waals surface area contributed by atoms with E-state index in [9.17, 15) is 19.7 Å². The fraction of sp³-hybridized carbons (Fsp3) is 0.529. The Bertz CT molecular complexity index is 657. The van der Waals surface area contributed by atoms with Gasteiger partial charge in [0.05, 0.1) is 4.92 Å². The minimum absolute atomic E-state index is 0.200. The first-order valence-electron chi connectivity index (χ1n) is 7.73. The fourth-order valence-electron chi connectivity index (χ4n) is 1.95. The van der Waals surface area contributed by atoms with Gasteiger partial charge in [0.1, 0.15) is 16.9 Å². The summed E-state index contributed by atoms with van der Waals surface area (Å²) in [7, 11) is 0. The van der Waals surface area contributed by atoms with Crippen LogP contribution in [0.5, 0.6) is 0 Å². The van der Waals surface area contributed by atoms with Crippen molar-refractivity contribution in [3.8, 4) is 0 Å². The summed E-state index contributed by atoms with van der Waals surface area (Å²) >= 11 is 0. The molecular formula is C17H24N2O6. The predicted molar refractivity (Wildman–Crippen MR) is 92.8 cm³/mol. The summed E-state index contributed by atoms with van der Waals surface area (Å²) in [5.74, 6) is 0. The van der Waals surface area contributed by atoms with E-state index in [2.05, 4.69) is 0 Å². The second-order valence-corrected chi connectivity index (χ2v) is 7.50. The van der Waals surface area contributed by atoms with Crippen LogP contribution in [-0.4, -0.2) is 28.3 Å². The van der Waals surface area contributed by atoms with Crippen LogP contribution in [0.1, 0.15) is 47.1 Å². The Morgan fingerprint density at radius 2 is 1.44 bits per heavy atom. The molecule has 0 spiro atoms. The van der Waals surface area contributed by atoms with Crippen molar-refractivity contribution in [1.82, 2.24) is 0 Å². The van der Waals surface area contributed by atoms with Crippen LogP contribution in [0.3, 0.4) is 0 Å². The molecule has 0 atom stereocenters. The summed E-state index contributed by atoms with van der Waals surface area (Å²) in [5.41, 5.74) is -2.04. The zero-order valence-corrected chi connectivity index (χ0v) is 15.6. The van der Waals surface area contributed by atoms with Crippen LogP contribution in [0, 0.1) is 17.0 Å². The standard InChI is InChI=1S/C17H24N2O6/c1-11-9-8-10-12(13(11)19(22)23)18(14(20)24-16(2,3)4)15(21)25-17(5,6)7/h8-10H,1-7H3. The Kier molecular flexibility index (Phi) is 5.78. The van der Waals surface area contributed by atoms with Gasteiger partial charge < -0.3 is 9.47 Å². The third-order valence-corrected chi connectivity index (χ3v) is 2.79. The minimum Gasteiger partial charge on any atom is -0.443 e. The van der Waals surface area contributed by atoms with Gasteiger partial charge in [0.25, 0.3) is 5.69 Å². The Labute approximate surface area is 146 Å². The van der Waals surface area contributed by atoms with Crippen LogP contribution >= 0.6 is 0 Å². The van der Waals surface area contributed by atoms with Gasteiger partial charge >= 0.3 is 12.2 Å². The highest BCUT2D eigenvalue weighted by Gasteiger charge is 2.37. The molecule has 0 aliphatic rings. The summed E-state index contributed by atoms with van der Waals surface area (Å²) in [5, 5.41) is 11.4. The van der Waals surface area contributed by atoms with E-state index >= 15 is 0 Å². The third kappa shape index (κ3) is 5.74. The number of nitrogens with zero attached hydrogens (tertiary/aromatic N) is 2. The van der Waals surface area contributed by atoms with E-state index in [0.29, 0.717) is 10.5 Å². The number of carbonyl (C=O) groups excluding carboxylic acids is 2. The number of hydrogen-bond donors (Lipinski definition) is 0. The van der Waals surface area contributed by atoms with Gasteiger partial charge in [-0.15, -0.1) is 0 Å². The van der Waals surface area contributed by atoms with Crippen LogP contribution in [0.4, 0.5) is 21.0 Å². The quantitative estimate of drug-likeness (QED) is 0.570. The molecule has 8 heteroatoms. The number of ether oxygens (including phenoxy) is 2. The highest BCUT2D eigenvalue weighted by molar-refractivity contribution is 6.11. The fourth-order valence-corrected chi connectivity index (χ4v) is 1.95. The number of nitro benzene ring substituents is 1. The number of benzene rings is 1. The van der Waals surface area contributed by atoms with Crippen molar-refractivity contribution in [2.75, 3.05) is 4.90 Å². The van der Waals surface area contributed by atoms with E-state index in [1.807, 2.05) is 0 Å². The molecule has 138 valence electrons. The van der Waals surface area contributed by atoms with Crippen LogP contribution in [0.15, 0.2) is 18.2 Å². The van der Waals surface area contributed by atoms with E-state index in [4.69, 9.17) is 9.47 Å².